The van der Waals surface area contributed by atoms with Gasteiger partial charge in [-0.3, -0.25) is 9.59 Å². The largest absolute Gasteiger partial charge is 0.487 e. The van der Waals surface area contributed by atoms with Gasteiger partial charge in [-0.15, -0.1) is 11.3 Å². The first-order valence-electron chi connectivity index (χ1n) is 8.17. The van der Waals surface area contributed by atoms with Gasteiger partial charge in [-0.1, -0.05) is 18.2 Å². The fourth-order valence-electron chi connectivity index (χ4n) is 2.83. The second kappa shape index (κ2) is 7.01. The van der Waals surface area contributed by atoms with Crippen molar-refractivity contribution in [3.63, 3.8) is 0 Å². The Morgan fingerprint density at radius 3 is 2.88 bits per heavy atom. The quantitative estimate of drug-likeness (QED) is 0.717. The summed E-state index contributed by atoms with van der Waals surface area (Å²) in [5, 5.41) is 7.65. The van der Waals surface area contributed by atoms with Crippen molar-refractivity contribution in [1.29, 1.82) is 0 Å². The van der Waals surface area contributed by atoms with Gasteiger partial charge in [0.2, 0.25) is 5.91 Å². The van der Waals surface area contributed by atoms with Crippen LogP contribution in [-0.2, 0) is 17.8 Å². The summed E-state index contributed by atoms with van der Waals surface area (Å²) in [7, 11) is 0. The number of hydrogen-bond acceptors (Lipinski definition) is 4. The van der Waals surface area contributed by atoms with Crippen LogP contribution in [0, 0.1) is 0 Å². The van der Waals surface area contributed by atoms with E-state index in [0.29, 0.717) is 30.0 Å². The van der Waals surface area contributed by atoms with Crippen LogP contribution in [0.1, 0.15) is 20.8 Å². The molecule has 0 aliphatic carbocycles. The number of rotatable bonds is 5. The summed E-state index contributed by atoms with van der Waals surface area (Å²) in [6.07, 6.45) is 0.333. The van der Waals surface area contributed by atoms with E-state index in [4.69, 9.17) is 4.74 Å². The van der Waals surface area contributed by atoms with Crippen LogP contribution in [0.15, 0.2) is 60.0 Å². The predicted molar refractivity (Wildman–Crippen MR) is 102 cm³/mol. The number of para-hydroxylation sites is 1. The molecule has 130 valence electrons. The minimum Gasteiger partial charge on any atom is -0.487 e. The van der Waals surface area contributed by atoms with Crippen molar-refractivity contribution in [3.05, 3.63) is 76.0 Å². The highest BCUT2D eigenvalue weighted by molar-refractivity contribution is 7.09. The molecule has 5 nitrogen and oxygen atoms in total. The topological polar surface area (TPSA) is 67.4 Å². The monoisotopic (exact) mass is 364 g/mol. The summed E-state index contributed by atoms with van der Waals surface area (Å²) in [5.74, 6) is 0.260. The highest BCUT2D eigenvalue weighted by Gasteiger charge is 2.19. The summed E-state index contributed by atoms with van der Waals surface area (Å²) in [4.78, 5) is 25.2. The lowest BCUT2D eigenvalue weighted by Gasteiger charge is -2.12. The van der Waals surface area contributed by atoms with Gasteiger partial charge in [-0.25, -0.2) is 0 Å². The van der Waals surface area contributed by atoms with Crippen molar-refractivity contribution < 1.29 is 14.3 Å². The van der Waals surface area contributed by atoms with Crippen LogP contribution in [0.3, 0.4) is 0 Å². The van der Waals surface area contributed by atoms with Crippen molar-refractivity contribution in [3.8, 4) is 5.75 Å². The molecule has 1 aromatic heterocycles. The Labute approximate surface area is 154 Å². The fourth-order valence-corrected chi connectivity index (χ4v) is 3.45. The molecule has 0 spiro atoms. The van der Waals surface area contributed by atoms with E-state index in [2.05, 4.69) is 10.6 Å². The number of fused-ring (bicyclic) bond motifs is 1. The van der Waals surface area contributed by atoms with Crippen LogP contribution < -0.4 is 15.4 Å². The third-order valence-electron chi connectivity index (χ3n) is 4.07. The Hall–Kier alpha value is -3.12. The molecule has 2 amide bonds. The van der Waals surface area contributed by atoms with Gasteiger partial charge in [-0.05, 0) is 47.3 Å². The van der Waals surface area contributed by atoms with Crippen LogP contribution >= 0.6 is 11.3 Å². The molecule has 0 saturated heterocycles. The Kier molecular flexibility index (Phi) is 4.41. The minimum absolute atomic E-state index is 0.0317. The van der Waals surface area contributed by atoms with Gasteiger partial charge in [0.05, 0.1) is 12.0 Å². The summed E-state index contributed by atoms with van der Waals surface area (Å²) >= 11 is 1.61. The fraction of sp³-hybridized carbons (Fsp3) is 0.100. The standard InChI is InChI=1S/C20H16N2O3S/c23-19-11-13-10-14(7-8-17(13)22-19)21-20(24)16-5-1-2-6-18(16)25-12-15-4-3-9-26-15/h1-10H,11-12H2,(H,21,24)(H,22,23). The predicted octanol–water partition coefficient (Wildman–Crippen LogP) is 4.07. The molecule has 26 heavy (non-hydrogen) atoms. The third kappa shape index (κ3) is 3.45. The molecule has 0 unspecified atom stereocenters. The molecule has 1 aliphatic heterocycles. The highest BCUT2D eigenvalue weighted by atomic mass is 32.1. The van der Waals surface area contributed by atoms with Crippen molar-refractivity contribution in [2.45, 2.75) is 13.0 Å². The molecule has 2 heterocycles. The number of hydrogen-bond donors (Lipinski definition) is 2. The molecule has 0 atom stereocenters. The molecule has 2 aromatic carbocycles. The van der Waals surface area contributed by atoms with Gasteiger partial charge in [0.15, 0.2) is 0 Å². The molecule has 0 fully saturated rings. The highest BCUT2D eigenvalue weighted by Crippen LogP contribution is 2.27. The zero-order chi connectivity index (χ0) is 17.9. The normalized spacial score (nSPS) is 12.4. The molecule has 6 heteroatoms. The first-order valence-corrected chi connectivity index (χ1v) is 9.05. The zero-order valence-corrected chi connectivity index (χ0v) is 14.6. The Balaban J connectivity index is 1.50. The summed E-state index contributed by atoms with van der Waals surface area (Å²) < 4.78 is 5.82. The first-order chi connectivity index (χ1) is 12.7. The van der Waals surface area contributed by atoms with Crippen LogP contribution in [-0.4, -0.2) is 11.8 Å². The lowest BCUT2D eigenvalue weighted by atomic mass is 10.1. The van der Waals surface area contributed by atoms with E-state index in [-0.39, 0.29) is 11.8 Å². The lowest BCUT2D eigenvalue weighted by molar-refractivity contribution is -0.115. The number of nitrogens with one attached hydrogen (secondary N) is 2. The maximum Gasteiger partial charge on any atom is 0.259 e. The molecule has 2 N–H and O–H groups in total. The van der Waals surface area contributed by atoms with Gasteiger partial charge in [0.1, 0.15) is 12.4 Å². The second-order valence-corrected chi connectivity index (χ2v) is 6.95. The molecule has 3 aromatic rings. The maximum atomic E-state index is 12.7. The molecule has 1 aliphatic rings. The number of carbonyl (C=O) groups is 2. The zero-order valence-electron chi connectivity index (χ0n) is 13.8. The van der Waals surface area contributed by atoms with Gasteiger partial charge >= 0.3 is 0 Å². The van der Waals surface area contributed by atoms with Gasteiger partial charge in [0, 0.05) is 16.3 Å². The number of benzene rings is 2. The number of ether oxygens (including phenoxy) is 1. The van der Waals surface area contributed by atoms with E-state index < -0.39 is 0 Å². The number of carbonyl (C=O) groups excluding carboxylic acids is 2. The molecule has 4 rings (SSSR count). The van der Waals surface area contributed by atoms with Crippen molar-refractivity contribution >= 4 is 34.5 Å². The van der Waals surface area contributed by atoms with Crippen molar-refractivity contribution in [2.24, 2.45) is 0 Å². The first kappa shape index (κ1) is 16.4. The van der Waals surface area contributed by atoms with Crippen LogP contribution in [0.5, 0.6) is 5.75 Å². The SMILES string of the molecule is O=C1Cc2cc(NC(=O)c3ccccc3OCc3cccs3)ccc2N1. The van der Waals surface area contributed by atoms with E-state index >= 15 is 0 Å². The number of amides is 2. The van der Waals surface area contributed by atoms with Gasteiger partial charge in [0.25, 0.3) is 5.91 Å². The molecule has 0 bridgehead atoms. The number of anilines is 2. The summed E-state index contributed by atoms with van der Waals surface area (Å²) in [5.41, 5.74) is 2.81. The summed E-state index contributed by atoms with van der Waals surface area (Å²) in [6.45, 7) is 0.425. The minimum atomic E-state index is -0.246. The number of thiophene rings is 1. The molecular weight excluding hydrogens is 348 g/mol. The van der Waals surface area contributed by atoms with Gasteiger partial charge in [-0.2, -0.15) is 0 Å². The van der Waals surface area contributed by atoms with Crippen LogP contribution in [0.4, 0.5) is 11.4 Å². The van der Waals surface area contributed by atoms with Crippen LogP contribution in [0.2, 0.25) is 0 Å². The molecular formula is C20H16N2O3S. The second-order valence-electron chi connectivity index (χ2n) is 5.92. The third-order valence-corrected chi connectivity index (χ3v) is 4.92. The maximum absolute atomic E-state index is 12.7. The van der Waals surface area contributed by atoms with Crippen molar-refractivity contribution in [2.75, 3.05) is 10.6 Å². The molecule has 0 radical (unpaired) electrons. The molecule has 0 saturated carbocycles. The Morgan fingerprint density at radius 2 is 2.04 bits per heavy atom. The van der Waals surface area contributed by atoms with E-state index in [1.165, 1.54) is 0 Å². The average molecular weight is 364 g/mol. The Morgan fingerprint density at radius 1 is 1.15 bits per heavy atom. The van der Waals surface area contributed by atoms with E-state index in [9.17, 15) is 9.59 Å². The van der Waals surface area contributed by atoms with Crippen LogP contribution in [0.25, 0.3) is 0 Å². The van der Waals surface area contributed by atoms with E-state index in [1.807, 2.05) is 29.6 Å². The van der Waals surface area contributed by atoms with E-state index in [1.54, 1.807) is 41.7 Å². The van der Waals surface area contributed by atoms with Gasteiger partial charge < -0.3 is 15.4 Å². The van der Waals surface area contributed by atoms with Crippen molar-refractivity contribution in [1.82, 2.24) is 0 Å². The average Bonchev–Trinajstić information content (AvgIpc) is 3.28. The summed E-state index contributed by atoms with van der Waals surface area (Å²) in [6, 6.07) is 16.5. The van der Waals surface area contributed by atoms with E-state index in [0.717, 1.165) is 16.1 Å². The Bertz CT molecular complexity index is 967. The lowest BCUT2D eigenvalue weighted by Crippen LogP contribution is -2.13. The smallest absolute Gasteiger partial charge is 0.259 e.